The number of pyridine rings is 1. The minimum absolute atomic E-state index is 0.0316. The number of hydrogen-bond donors (Lipinski definition) is 1. The molecule has 0 fully saturated rings. The molecule has 2 rings (SSSR count). The normalized spacial score (nSPS) is 11.8. The summed E-state index contributed by atoms with van der Waals surface area (Å²) in [5, 5.41) is 2.79. The van der Waals surface area contributed by atoms with Crippen LogP contribution >= 0.6 is 0 Å². The standard InChI is InChI=1S/C19H21F3N2O3/c1-18(2,15-7-5-6-10-23-15)24-16(25)11-12-14(26-3)9-8-13(17(12)27-4)19(20,21)22/h5-10H,11H2,1-4H3,(H,24,25). The maximum Gasteiger partial charge on any atom is 0.419 e. The number of halogens is 3. The molecular formula is C19H21F3N2O3. The second kappa shape index (κ2) is 7.85. The molecule has 0 aliphatic heterocycles. The first kappa shape index (κ1) is 20.5. The Morgan fingerprint density at radius 3 is 2.33 bits per heavy atom. The van der Waals surface area contributed by atoms with Gasteiger partial charge >= 0.3 is 6.18 Å². The lowest BCUT2D eigenvalue weighted by molar-refractivity contribution is -0.139. The van der Waals surface area contributed by atoms with E-state index in [1.165, 1.54) is 13.2 Å². The highest BCUT2D eigenvalue weighted by molar-refractivity contribution is 5.81. The SMILES string of the molecule is COc1ccc(C(F)(F)F)c(OC)c1CC(=O)NC(C)(C)c1ccccn1. The van der Waals surface area contributed by atoms with E-state index in [1.54, 1.807) is 38.2 Å². The van der Waals surface area contributed by atoms with Crippen molar-refractivity contribution in [2.45, 2.75) is 32.0 Å². The number of aromatic nitrogens is 1. The van der Waals surface area contributed by atoms with Gasteiger partial charge in [0.05, 0.1) is 37.4 Å². The van der Waals surface area contributed by atoms with Crippen LogP contribution in [0.2, 0.25) is 0 Å². The summed E-state index contributed by atoms with van der Waals surface area (Å²) in [6, 6.07) is 7.34. The topological polar surface area (TPSA) is 60.5 Å². The van der Waals surface area contributed by atoms with Crippen molar-refractivity contribution in [2.75, 3.05) is 14.2 Å². The molecule has 1 heterocycles. The fourth-order valence-electron chi connectivity index (χ4n) is 2.77. The molecule has 0 spiro atoms. The van der Waals surface area contributed by atoms with Crippen LogP contribution in [0.5, 0.6) is 11.5 Å². The molecule has 1 amide bonds. The van der Waals surface area contributed by atoms with Gasteiger partial charge in [0.15, 0.2) is 0 Å². The Hall–Kier alpha value is -2.77. The first-order valence-electron chi connectivity index (χ1n) is 8.13. The highest BCUT2D eigenvalue weighted by Crippen LogP contribution is 2.41. The van der Waals surface area contributed by atoms with Crippen LogP contribution in [0.4, 0.5) is 13.2 Å². The summed E-state index contributed by atoms with van der Waals surface area (Å²) in [5.41, 5.74) is -1.11. The van der Waals surface area contributed by atoms with Crippen LogP contribution < -0.4 is 14.8 Å². The molecule has 2 aromatic rings. The highest BCUT2D eigenvalue weighted by atomic mass is 19.4. The van der Waals surface area contributed by atoms with Gasteiger partial charge in [0.1, 0.15) is 11.5 Å². The van der Waals surface area contributed by atoms with Crippen molar-refractivity contribution in [2.24, 2.45) is 0 Å². The number of carbonyl (C=O) groups excluding carboxylic acids is 1. The molecule has 1 N–H and O–H groups in total. The van der Waals surface area contributed by atoms with Crippen molar-refractivity contribution in [3.8, 4) is 11.5 Å². The molecule has 0 bridgehead atoms. The Balaban J connectivity index is 2.34. The van der Waals surface area contributed by atoms with Gasteiger partial charge in [-0.25, -0.2) is 0 Å². The van der Waals surface area contributed by atoms with Crippen LogP contribution in [-0.2, 0) is 22.9 Å². The van der Waals surface area contributed by atoms with Crippen molar-refractivity contribution in [1.29, 1.82) is 0 Å². The van der Waals surface area contributed by atoms with E-state index in [9.17, 15) is 18.0 Å². The van der Waals surface area contributed by atoms with Crippen LogP contribution in [0.3, 0.4) is 0 Å². The number of carbonyl (C=O) groups is 1. The van der Waals surface area contributed by atoms with Crippen molar-refractivity contribution < 1.29 is 27.4 Å². The quantitative estimate of drug-likeness (QED) is 0.827. The molecule has 146 valence electrons. The van der Waals surface area contributed by atoms with Gasteiger partial charge in [-0.2, -0.15) is 13.2 Å². The van der Waals surface area contributed by atoms with E-state index in [4.69, 9.17) is 9.47 Å². The average Bonchev–Trinajstić information content (AvgIpc) is 2.60. The fraction of sp³-hybridized carbons (Fsp3) is 0.368. The number of alkyl halides is 3. The van der Waals surface area contributed by atoms with E-state index in [0.29, 0.717) is 5.69 Å². The number of amides is 1. The molecule has 0 saturated heterocycles. The third kappa shape index (κ3) is 4.69. The van der Waals surface area contributed by atoms with Crippen LogP contribution in [-0.4, -0.2) is 25.1 Å². The Bertz CT molecular complexity index is 806. The summed E-state index contributed by atoms with van der Waals surface area (Å²) >= 11 is 0. The molecule has 0 saturated carbocycles. The van der Waals surface area contributed by atoms with Gasteiger partial charge in [0.25, 0.3) is 0 Å². The summed E-state index contributed by atoms with van der Waals surface area (Å²) in [6.45, 7) is 3.52. The largest absolute Gasteiger partial charge is 0.496 e. The molecule has 1 aromatic carbocycles. The summed E-state index contributed by atoms with van der Waals surface area (Å²) < 4.78 is 49.9. The maximum atomic E-state index is 13.3. The molecule has 1 aromatic heterocycles. The van der Waals surface area contributed by atoms with Gasteiger partial charge in [-0.1, -0.05) is 6.07 Å². The first-order valence-corrected chi connectivity index (χ1v) is 8.13. The van der Waals surface area contributed by atoms with Crippen LogP contribution in [0.25, 0.3) is 0 Å². The van der Waals surface area contributed by atoms with Crippen molar-refractivity contribution in [3.05, 3.63) is 53.3 Å². The molecule has 0 atom stereocenters. The second-order valence-corrected chi connectivity index (χ2v) is 6.39. The van der Waals surface area contributed by atoms with Gasteiger partial charge in [0, 0.05) is 11.8 Å². The van der Waals surface area contributed by atoms with Crippen LogP contribution in [0.15, 0.2) is 36.5 Å². The molecule has 0 unspecified atom stereocenters. The third-order valence-electron chi connectivity index (χ3n) is 4.04. The Kier molecular flexibility index (Phi) is 5.98. The van der Waals surface area contributed by atoms with E-state index < -0.39 is 28.9 Å². The van der Waals surface area contributed by atoms with E-state index in [1.807, 2.05) is 0 Å². The van der Waals surface area contributed by atoms with Crippen molar-refractivity contribution in [1.82, 2.24) is 10.3 Å². The number of ether oxygens (including phenoxy) is 2. The molecule has 0 aliphatic rings. The van der Waals surface area contributed by atoms with Gasteiger partial charge < -0.3 is 14.8 Å². The van der Waals surface area contributed by atoms with Crippen LogP contribution in [0.1, 0.15) is 30.7 Å². The lowest BCUT2D eigenvalue weighted by Gasteiger charge is -2.26. The monoisotopic (exact) mass is 382 g/mol. The minimum atomic E-state index is -4.62. The van der Waals surface area contributed by atoms with Gasteiger partial charge in [-0.05, 0) is 38.1 Å². The summed E-state index contributed by atoms with van der Waals surface area (Å²) in [7, 11) is 2.45. The number of methoxy groups -OCH3 is 2. The van der Waals surface area contributed by atoms with Gasteiger partial charge in [-0.3, -0.25) is 9.78 Å². The summed E-state index contributed by atoms with van der Waals surface area (Å²) in [4.78, 5) is 16.8. The summed E-state index contributed by atoms with van der Waals surface area (Å²) in [6.07, 6.45) is -3.36. The van der Waals surface area contributed by atoms with Crippen LogP contribution in [0, 0.1) is 0 Å². The molecule has 27 heavy (non-hydrogen) atoms. The van der Waals surface area contributed by atoms with E-state index in [-0.39, 0.29) is 17.7 Å². The van der Waals surface area contributed by atoms with Crippen molar-refractivity contribution in [3.63, 3.8) is 0 Å². The van der Waals surface area contributed by atoms with E-state index in [2.05, 4.69) is 10.3 Å². The predicted octanol–water partition coefficient (Wildman–Crippen LogP) is 3.71. The molecule has 8 heteroatoms. The number of hydrogen-bond acceptors (Lipinski definition) is 4. The minimum Gasteiger partial charge on any atom is -0.496 e. The Labute approximate surface area is 155 Å². The second-order valence-electron chi connectivity index (χ2n) is 6.39. The maximum absolute atomic E-state index is 13.3. The molecular weight excluding hydrogens is 361 g/mol. The third-order valence-corrected chi connectivity index (χ3v) is 4.04. The number of benzene rings is 1. The predicted molar refractivity (Wildman–Crippen MR) is 93.7 cm³/mol. The zero-order valence-electron chi connectivity index (χ0n) is 15.5. The first-order chi connectivity index (χ1) is 12.6. The molecule has 0 aliphatic carbocycles. The smallest absolute Gasteiger partial charge is 0.419 e. The number of nitrogens with zero attached hydrogens (tertiary/aromatic N) is 1. The summed E-state index contributed by atoms with van der Waals surface area (Å²) in [5.74, 6) is -0.764. The fourth-order valence-corrected chi connectivity index (χ4v) is 2.77. The van der Waals surface area contributed by atoms with Crippen molar-refractivity contribution >= 4 is 5.91 Å². The zero-order valence-corrected chi connectivity index (χ0v) is 15.5. The van der Waals surface area contributed by atoms with E-state index in [0.717, 1.165) is 13.2 Å². The molecule has 5 nitrogen and oxygen atoms in total. The highest BCUT2D eigenvalue weighted by Gasteiger charge is 2.37. The number of rotatable bonds is 6. The number of nitrogens with one attached hydrogen (secondary N) is 1. The average molecular weight is 382 g/mol. The molecule has 0 radical (unpaired) electrons. The van der Waals surface area contributed by atoms with E-state index >= 15 is 0 Å². The Morgan fingerprint density at radius 1 is 1.11 bits per heavy atom. The zero-order chi connectivity index (χ0) is 20.2. The van der Waals surface area contributed by atoms with Gasteiger partial charge in [0.2, 0.25) is 5.91 Å². The Morgan fingerprint density at radius 2 is 1.81 bits per heavy atom. The lowest BCUT2D eigenvalue weighted by atomic mass is 9.98. The van der Waals surface area contributed by atoms with Gasteiger partial charge in [-0.15, -0.1) is 0 Å². The lowest BCUT2D eigenvalue weighted by Crippen LogP contribution is -2.42.